The summed E-state index contributed by atoms with van der Waals surface area (Å²) in [6.45, 7) is -0.348. The molecule has 3 aromatic carbocycles. The minimum Gasteiger partial charge on any atom is -0.460 e. The van der Waals surface area contributed by atoms with Gasteiger partial charge in [0.05, 0.1) is 0 Å². The van der Waals surface area contributed by atoms with Gasteiger partial charge in [0.1, 0.15) is 24.7 Å². The van der Waals surface area contributed by atoms with Gasteiger partial charge in [0, 0.05) is 11.1 Å². The van der Waals surface area contributed by atoms with Crippen molar-refractivity contribution in [2.75, 3.05) is 6.54 Å². The van der Waals surface area contributed by atoms with Crippen molar-refractivity contribution in [2.45, 2.75) is 6.61 Å². The van der Waals surface area contributed by atoms with E-state index < -0.39 is 30.1 Å². The van der Waals surface area contributed by atoms with Gasteiger partial charge in [-0.15, -0.1) is 0 Å². The normalized spacial score (nSPS) is 10.8. The van der Waals surface area contributed by atoms with E-state index in [1.165, 1.54) is 24.3 Å². The molecule has 3 rings (SSSR count). The van der Waals surface area contributed by atoms with Gasteiger partial charge in [-0.3, -0.25) is 14.4 Å². The van der Waals surface area contributed by atoms with Crippen molar-refractivity contribution >= 4 is 23.9 Å². The van der Waals surface area contributed by atoms with Crippen molar-refractivity contribution in [1.29, 1.82) is 0 Å². The average Bonchev–Trinajstić information content (AvgIpc) is 2.83. The highest BCUT2D eigenvalue weighted by Gasteiger charge is 2.16. The third-order valence-corrected chi connectivity index (χ3v) is 4.37. The fourth-order valence-electron chi connectivity index (χ4n) is 2.73. The Hall–Kier alpha value is -4.26. The van der Waals surface area contributed by atoms with Crippen LogP contribution >= 0.6 is 0 Å². The molecule has 7 heteroatoms. The Morgan fingerprint density at radius 1 is 0.844 bits per heavy atom. The van der Waals surface area contributed by atoms with Crippen LogP contribution in [0.5, 0.6) is 0 Å². The van der Waals surface area contributed by atoms with Crippen molar-refractivity contribution in [3.05, 3.63) is 113 Å². The van der Waals surface area contributed by atoms with Crippen LogP contribution in [0.4, 0.5) is 4.39 Å². The molecule has 6 nitrogen and oxygen atoms in total. The molecule has 2 N–H and O–H groups in total. The molecule has 0 unspecified atom stereocenters. The van der Waals surface area contributed by atoms with Crippen molar-refractivity contribution < 1.29 is 23.5 Å². The van der Waals surface area contributed by atoms with Crippen molar-refractivity contribution in [1.82, 2.24) is 10.6 Å². The minimum atomic E-state index is -0.755. The van der Waals surface area contributed by atoms with E-state index in [1.807, 2.05) is 18.2 Å². The molecule has 0 saturated carbocycles. The van der Waals surface area contributed by atoms with Crippen LogP contribution in [0.3, 0.4) is 0 Å². The van der Waals surface area contributed by atoms with Gasteiger partial charge < -0.3 is 15.4 Å². The molecule has 0 bridgehead atoms. The van der Waals surface area contributed by atoms with Gasteiger partial charge in [0.2, 0.25) is 0 Å². The third-order valence-electron chi connectivity index (χ3n) is 4.37. The molecular weight excluding hydrogens is 411 g/mol. The van der Waals surface area contributed by atoms with E-state index in [9.17, 15) is 18.8 Å². The Morgan fingerprint density at radius 2 is 1.47 bits per heavy atom. The Kier molecular flexibility index (Phi) is 7.86. The average molecular weight is 432 g/mol. The molecular formula is C25H21FN2O4. The summed E-state index contributed by atoms with van der Waals surface area (Å²) in [7, 11) is 0. The predicted molar refractivity (Wildman–Crippen MR) is 118 cm³/mol. The van der Waals surface area contributed by atoms with Crippen molar-refractivity contribution in [3.63, 3.8) is 0 Å². The predicted octanol–water partition coefficient (Wildman–Crippen LogP) is 3.46. The quantitative estimate of drug-likeness (QED) is 0.422. The first kappa shape index (κ1) is 22.4. The molecule has 0 aliphatic carbocycles. The van der Waals surface area contributed by atoms with E-state index in [-0.39, 0.29) is 17.9 Å². The van der Waals surface area contributed by atoms with Gasteiger partial charge in [-0.1, -0.05) is 66.7 Å². The lowest BCUT2D eigenvalue weighted by Crippen LogP contribution is -2.37. The second-order valence-electron chi connectivity index (χ2n) is 6.73. The first-order valence-electron chi connectivity index (χ1n) is 9.83. The lowest BCUT2D eigenvalue weighted by molar-refractivity contribution is -0.144. The van der Waals surface area contributed by atoms with Gasteiger partial charge in [-0.25, -0.2) is 4.39 Å². The number of esters is 1. The van der Waals surface area contributed by atoms with E-state index in [0.29, 0.717) is 5.56 Å². The summed E-state index contributed by atoms with van der Waals surface area (Å²) in [5, 5.41) is 4.88. The zero-order valence-corrected chi connectivity index (χ0v) is 17.1. The maximum atomic E-state index is 14.1. The molecule has 0 radical (unpaired) electrons. The summed E-state index contributed by atoms with van der Waals surface area (Å²) in [5.41, 5.74) is 1.03. The van der Waals surface area contributed by atoms with Crippen molar-refractivity contribution in [2.24, 2.45) is 0 Å². The van der Waals surface area contributed by atoms with E-state index in [0.717, 1.165) is 5.56 Å². The number of ether oxygens (including phenoxy) is 1. The highest BCUT2D eigenvalue weighted by Crippen LogP contribution is 2.11. The highest BCUT2D eigenvalue weighted by atomic mass is 19.1. The van der Waals surface area contributed by atoms with Gasteiger partial charge in [0.15, 0.2) is 0 Å². The minimum absolute atomic E-state index is 0.0677. The largest absolute Gasteiger partial charge is 0.460 e. The van der Waals surface area contributed by atoms with E-state index in [2.05, 4.69) is 10.6 Å². The van der Waals surface area contributed by atoms with Gasteiger partial charge in [-0.05, 0) is 29.8 Å². The Bertz CT molecular complexity index is 1120. The fourth-order valence-corrected chi connectivity index (χ4v) is 2.73. The molecule has 0 atom stereocenters. The summed E-state index contributed by atoms with van der Waals surface area (Å²) < 4.78 is 19.2. The number of halogens is 1. The number of hydrogen-bond acceptors (Lipinski definition) is 4. The van der Waals surface area contributed by atoms with Crippen LogP contribution < -0.4 is 10.6 Å². The maximum Gasteiger partial charge on any atom is 0.325 e. The smallest absolute Gasteiger partial charge is 0.325 e. The molecule has 0 spiro atoms. The number of carbonyl (C=O) groups excluding carboxylic acids is 3. The SMILES string of the molecule is O=C(CNC(=O)/C(=C\c1ccccc1F)NC(=O)c1ccccc1)OCc1ccccc1. The maximum absolute atomic E-state index is 14.1. The number of benzene rings is 3. The molecule has 0 saturated heterocycles. The molecule has 0 aromatic heterocycles. The number of hydrogen-bond donors (Lipinski definition) is 2. The summed E-state index contributed by atoms with van der Waals surface area (Å²) in [6.07, 6.45) is 1.21. The van der Waals surface area contributed by atoms with E-state index >= 15 is 0 Å². The van der Waals surface area contributed by atoms with Crippen LogP contribution in [-0.4, -0.2) is 24.3 Å². The standard InChI is InChI=1S/C25H21FN2O4/c26-21-14-8-7-13-20(21)15-22(28-24(30)19-11-5-2-6-12-19)25(31)27-16-23(29)32-17-18-9-3-1-4-10-18/h1-15H,16-17H2,(H,27,31)(H,28,30)/b22-15+. The molecule has 2 amide bonds. The lowest BCUT2D eigenvalue weighted by atomic mass is 10.1. The summed E-state index contributed by atoms with van der Waals surface area (Å²) in [6, 6.07) is 23.2. The first-order chi connectivity index (χ1) is 15.5. The summed E-state index contributed by atoms with van der Waals surface area (Å²) in [4.78, 5) is 37.2. The first-order valence-corrected chi connectivity index (χ1v) is 9.83. The number of carbonyl (C=O) groups is 3. The Morgan fingerprint density at radius 3 is 2.16 bits per heavy atom. The van der Waals surface area contributed by atoms with Crippen LogP contribution in [0.1, 0.15) is 21.5 Å². The fraction of sp³-hybridized carbons (Fsp3) is 0.0800. The van der Waals surface area contributed by atoms with Crippen LogP contribution in [0.2, 0.25) is 0 Å². The number of nitrogens with one attached hydrogen (secondary N) is 2. The molecule has 32 heavy (non-hydrogen) atoms. The zero-order chi connectivity index (χ0) is 22.8. The highest BCUT2D eigenvalue weighted by molar-refractivity contribution is 6.05. The zero-order valence-electron chi connectivity index (χ0n) is 17.1. The number of amides is 2. The molecule has 0 aliphatic rings. The van der Waals surface area contributed by atoms with Gasteiger partial charge in [-0.2, -0.15) is 0 Å². The molecule has 162 valence electrons. The molecule has 0 aliphatic heterocycles. The second-order valence-corrected chi connectivity index (χ2v) is 6.73. The van der Waals surface area contributed by atoms with Gasteiger partial charge >= 0.3 is 5.97 Å². The topological polar surface area (TPSA) is 84.5 Å². The van der Waals surface area contributed by atoms with Crippen LogP contribution in [0.15, 0.2) is 90.6 Å². The molecule has 0 heterocycles. The van der Waals surface area contributed by atoms with Crippen LogP contribution in [0.25, 0.3) is 6.08 Å². The van der Waals surface area contributed by atoms with Crippen LogP contribution in [0, 0.1) is 5.82 Å². The number of rotatable bonds is 8. The second kappa shape index (κ2) is 11.2. The van der Waals surface area contributed by atoms with E-state index in [4.69, 9.17) is 4.74 Å². The van der Waals surface area contributed by atoms with Gasteiger partial charge in [0.25, 0.3) is 11.8 Å². The van der Waals surface area contributed by atoms with Crippen molar-refractivity contribution in [3.8, 4) is 0 Å². The molecule has 3 aromatic rings. The lowest BCUT2D eigenvalue weighted by Gasteiger charge is -2.11. The Labute approximate surface area is 184 Å². The van der Waals surface area contributed by atoms with E-state index in [1.54, 1.807) is 48.5 Å². The van der Waals surface area contributed by atoms with Crippen LogP contribution in [-0.2, 0) is 20.9 Å². The molecule has 0 fully saturated rings. The Balaban J connectivity index is 1.68. The summed E-state index contributed by atoms with van der Waals surface area (Å²) in [5.74, 6) is -2.51. The summed E-state index contributed by atoms with van der Waals surface area (Å²) >= 11 is 0. The third kappa shape index (κ3) is 6.63. The monoisotopic (exact) mass is 432 g/mol.